The van der Waals surface area contributed by atoms with Gasteiger partial charge in [0.15, 0.2) is 0 Å². The van der Waals surface area contributed by atoms with E-state index >= 15 is 0 Å². The number of hydrogen-bond donors (Lipinski definition) is 1. The van der Waals surface area contributed by atoms with E-state index in [1.54, 1.807) is 0 Å². The van der Waals surface area contributed by atoms with Crippen LogP contribution in [0, 0.1) is 12.3 Å². The first-order valence-corrected chi connectivity index (χ1v) is 6.99. The number of halogens is 1. The van der Waals surface area contributed by atoms with Crippen LogP contribution in [0.1, 0.15) is 24.5 Å². The second kappa shape index (κ2) is 5.09. The van der Waals surface area contributed by atoms with Gasteiger partial charge in [-0.3, -0.25) is 4.90 Å². The highest BCUT2D eigenvalue weighted by molar-refractivity contribution is 9.10. The molecule has 2 N–H and O–H groups in total. The highest BCUT2D eigenvalue weighted by atomic mass is 79.9. The van der Waals surface area contributed by atoms with Crippen molar-refractivity contribution >= 4 is 15.9 Å². The number of aryl methyl sites for hydroxylation is 1. The van der Waals surface area contributed by atoms with Gasteiger partial charge in [0.1, 0.15) is 0 Å². The summed E-state index contributed by atoms with van der Waals surface area (Å²) in [5.74, 6) is 0. The SMILES string of the molecule is Cc1cc(Br)ccc1CN1CCC(C)(CN)C1. The van der Waals surface area contributed by atoms with Crippen molar-refractivity contribution in [1.29, 1.82) is 0 Å². The van der Waals surface area contributed by atoms with Gasteiger partial charge in [0.05, 0.1) is 0 Å². The van der Waals surface area contributed by atoms with Gasteiger partial charge in [0.25, 0.3) is 0 Å². The molecule has 1 unspecified atom stereocenters. The van der Waals surface area contributed by atoms with Crippen molar-refractivity contribution in [3.05, 3.63) is 33.8 Å². The quantitative estimate of drug-likeness (QED) is 0.929. The maximum Gasteiger partial charge on any atom is 0.0236 e. The second-order valence-electron chi connectivity index (χ2n) is 5.55. The van der Waals surface area contributed by atoms with Gasteiger partial charge < -0.3 is 5.73 Å². The molecule has 0 bridgehead atoms. The molecule has 0 spiro atoms. The van der Waals surface area contributed by atoms with Crippen LogP contribution in [0.4, 0.5) is 0 Å². The van der Waals surface area contributed by atoms with Gasteiger partial charge in [-0.15, -0.1) is 0 Å². The third-order valence-electron chi connectivity index (χ3n) is 3.83. The van der Waals surface area contributed by atoms with Gasteiger partial charge in [0.2, 0.25) is 0 Å². The van der Waals surface area contributed by atoms with Gasteiger partial charge in [-0.2, -0.15) is 0 Å². The van der Waals surface area contributed by atoms with E-state index in [1.807, 2.05) is 0 Å². The Bertz CT molecular complexity index is 405. The summed E-state index contributed by atoms with van der Waals surface area (Å²) in [6, 6.07) is 6.53. The van der Waals surface area contributed by atoms with Crippen molar-refractivity contribution < 1.29 is 0 Å². The Morgan fingerprint density at radius 2 is 2.24 bits per heavy atom. The van der Waals surface area contributed by atoms with Crippen LogP contribution in [0.3, 0.4) is 0 Å². The van der Waals surface area contributed by atoms with Crippen LogP contribution in [-0.2, 0) is 6.54 Å². The lowest BCUT2D eigenvalue weighted by atomic mass is 9.90. The highest BCUT2D eigenvalue weighted by Gasteiger charge is 2.32. The molecular weight excluding hydrogens is 276 g/mol. The van der Waals surface area contributed by atoms with Crippen LogP contribution in [0.5, 0.6) is 0 Å². The zero-order valence-electron chi connectivity index (χ0n) is 10.7. The number of rotatable bonds is 3. The molecule has 94 valence electrons. The molecule has 1 fully saturated rings. The van der Waals surface area contributed by atoms with Crippen LogP contribution in [0.25, 0.3) is 0 Å². The molecule has 1 saturated heterocycles. The number of nitrogens with zero attached hydrogens (tertiary/aromatic N) is 1. The standard InChI is InChI=1S/C14H21BrN2/c1-11-7-13(15)4-3-12(11)8-17-6-5-14(2,9-16)10-17/h3-4,7H,5-6,8-10,16H2,1-2H3. The monoisotopic (exact) mass is 296 g/mol. The van der Waals surface area contributed by atoms with Crippen molar-refractivity contribution in [2.45, 2.75) is 26.8 Å². The first kappa shape index (κ1) is 13.1. The van der Waals surface area contributed by atoms with E-state index < -0.39 is 0 Å². The Hall–Kier alpha value is -0.380. The average Bonchev–Trinajstić information content (AvgIpc) is 2.66. The van der Waals surface area contributed by atoms with Crippen LogP contribution in [-0.4, -0.2) is 24.5 Å². The Morgan fingerprint density at radius 3 is 2.82 bits per heavy atom. The van der Waals surface area contributed by atoms with Crippen molar-refractivity contribution in [2.24, 2.45) is 11.1 Å². The van der Waals surface area contributed by atoms with Crippen LogP contribution in [0.15, 0.2) is 22.7 Å². The fraction of sp³-hybridized carbons (Fsp3) is 0.571. The summed E-state index contributed by atoms with van der Waals surface area (Å²) in [6.07, 6.45) is 1.22. The molecule has 2 nitrogen and oxygen atoms in total. The molecule has 2 rings (SSSR count). The average molecular weight is 297 g/mol. The second-order valence-corrected chi connectivity index (χ2v) is 6.46. The summed E-state index contributed by atoms with van der Waals surface area (Å²) >= 11 is 3.51. The lowest BCUT2D eigenvalue weighted by molar-refractivity contribution is 0.274. The molecule has 0 radical (unpaired) electrons. The summed E-state index contributed by atoms with van der Waals surface area (Å²) in [6.45, 7) is 8.61. The Labute approximate surface area is 112 Å². The third-order valence-corrected chi connectivity index (χ3v) is 4.32. The van der Waals surface area contributed by atoms with Crippen molar-refractivity contribution in [3.63, 3.8) is 0 Å². The van der Waals surface area contributed by atoms with Crippen molar-refractivity contribution in [1.82, 2.24) is 4.90 Å². The van der Waals surface area contributed by atoms with Gasteiger partial charge in [-0.25, -0.2) is 0 Å². The predicted molar refractivity (Wildman–Crippen MR) is 75.9 cm³/mol. The first-order chi connectivity index (χ1) is 8.02. The highest BCUT2D eigenvalue weighted by Crippen LogP contribution is 2.30. The topological polar surface area (TPSA) is 29.3 Å². The minimum absolute atomic E-state index is 0.323. The molecule has 1 heterocycles. The third kappa shape index (κ3) is 3.09. The molecule has 1 aliphatic heterocycles. The van der Waals surface area contributed by atoms with Crippen molar-refractivity contribution in [3.8, 4) is 0 Å². The maximum absolute atomic E-state index is 5.84. The van der Waals surface area contributed by atoms with E-state index in [9.17, 15) is 0 Å². The van der Waals surface area contributed by atoms with Crippen LogP contribution >= 0.6 is 15.9 Å². The fourth-order valence-electron chi connectivity index (χ4n) is 2.51. The lowest BCUT2D eigenvalue weighted by Crippen LogP contribution is -2.31. The van der Waals surface area contributed by atoms with Gasteiger partial charge in [-0.1, -0.05) is 28.9 Å². The number of benzene rings is 1. The van der Waals surface area contributed by atoms with E-state index in [0.29, 0.717) is 5.41 Å². The zero-order valence-corrected chi connectivity index (χ0v) is 12.3. The fourth-order valence-corrected chi connectivity index (χ4v) is 2.98. The summed E-state index contributed by atoms with van der Waals surface area (Å²) < 4.78 is 1.16. The number of nitrogens with two attached hydrogens (primary N) is 1. The van der Waals surface area contributed by atoms with E-state index in [0.717, 1.165) is 24.1 Å². The Balaban J connectivity index is 2.03. The summed E-state index contributed by atoms with van der Waals surface area (Å²) in [5, 5.41) is 0. The molecule has 1 aromatic carbocycles. The number of likely N-dealkylation sites (tertiary alicyclic amines) is 1. The van der Waals surface area contributed by atoms with Gasteiger partial charge in [0, 0.05) is 17.6 Å². The normalized spacial score (nSPS) is 25.4. The van der Waals surface area contributed by atoms with E-state index in [1.165, 1.54) is 24.1 Å². The summed E-state index contributed by atoms with van der Waals surface area (Å²) in [7, 11) is 0. The minimum Gasteiger partial charge on any atom is -0.330 e. The molecular formula is C14H21BrN2. The van der Waals surface area contributed by atoms with Crippen molar-refractivity contribution in [2.75, 3.05) is 19.6 Å². The molecule has 0 amide bonds. The smallest absolute Gasteiger partial charge is 0.0236 e. The summed E-state index contributed by atoms with van der Waals surface area (Å²) in [4.78, 5) is 2.52. The Morgan fingerprint density at radius 1 is 1.47 bits per heavy atom. The lowest BCUT2D eigenvalue weighted by Gasteiger charge is -2.23. The maximum atomic E-state index is 5.84. The van der Waals surface area contributed by atoms with E-state index in [2.05, 4.69) is 52.9 Å². The van der Waals surface area contributed by atoms with E-state index in [4.69, 9.17) is 5.73 Å². The molecule has 3 heteroatoms. The zero-order chi connectivity index (χ0) is 12.5. The molecule has 0 aromatic heterocycles. The van der Waals surface area contributed by atoms with Crippen LogP contribution in [0.2, 0.25) is 0 Å². The number of hydrogen-bond acceptors (Lipinski definition) is 2. The largest absolute Gasteiger partial charge is 0.330 e. The predicted octanol–water partition coefficient (Wildman–Crippen LogP) is 2.93. The molecule has 0 saturated carbocycles. The van der Waals surface area contributed by atoms with Gasteiger partial charge in [-0.05, 0) is 55.1 Å². The molecule has 0 aliphatic carbocycles. The van der Waals surface area contributed by atoms with Crippen LogP contribution < -0.4 is 5.73 Å². The summed E-state index contributed by atoms with van der Waals surface area (Å²) in [5.41, 5.74) is 8.95. The molecule has 1 aromatic rings. The molecule has 1 aliphatic rings. The first-order valence-electron chi connectivity index (χ1n) is 6.20. The Kier molecular flexibility index (Phi) is 3.91. The van der Waals surface area contributed by atoms with Gasteiger partial charge >= 0.3 is 0 Å². The molecule has 17 heavy (non-hydrogen) atoms. The molecule has 1 atom stereocenters. The minimum atomic E-state index is 0.323. The van der Waals surface area contributed by atoms with E-state index in [-0.39, 0.29) is 0 Å².